The van der Waals surface area contributed by atoms with Crippen LogP contribution in [0.4, 0.5) is 10.9 Å². The van der Waals surface area contributed by atoms with Gasteiger partial charge in [-0.25, -0.2) is 19.1 Å². The number of rotatable bonds is 10. The van der Waals surface area contributed by atoms with Gasteiger partial charge in [0.1, 0.15) is 23.3 Å². The summed E-state index contributed by atoms with van der Waals surface area (Å²) in [6.45, 7) is 2.48. The smallest absolute Gasteiger partial charge is 0.352 e. The average molecular weight is 665 g/mol. The van der Waals surface area contributed by atoms with Gasteiger partial charge in [-0.2, -0.15) is 4.40 Å². The number of anilines is 2. The van der Waals surface area contributed by atoms with Crippen LogP contribution in [0.3, 0.4) is 0 Å². The Hall–Kier alpha value is -4.56. The van der Waals surface area contributed by atoms with Gasteiger partial charge in [-0.05, 0) is 31.2 Å². The van der Waals surface area contributed by atoms with Crippen molar-refractivity contribution < 1.29 is 43.7 Å². The zero-order chi connectivity index (χ0) is 32.1. The zero-order valence-electron chi connectivity index (χ0n) is 23.2. The van der Waals surface area contributed by atoms with Crippen LogP contribution in [-0.4, -0.2) is 92.7 Å². The fourth-order valence-electron chi connectivity index (χ4n) is 4.25. The number of thiazole rings is 1. The Labute approximate surface area is 260 Å². The maximum absolute atomic E-state index is 13.3. The summed E-state index contributed by atoms with van der Waals surface area (Å²) in [5, 5.41) is 35.6. The number of carbonyl (C=O) groups excluding carboxylic acids is 2. The molecule has 8 N–H and O–H groups in total. The van der Waals surface area contributed by atoms with Crippen molar-refractivity contribution in [3.8, 4) is 5.88 Å². The van der Waals surface area contributed by atoms with E-state index < -0.39 is 40.8 Å². The van der Waals surface area contributed by atoms with Crippen LogP contribution in [0.1, 0.15) is 18.7 Å². The van der Waals surface area contributed by atoms with E-state index in [9.17, 15) is 34.5 Å². The molecule has 232 valence electrons. The van der Waals surface area contributed by atoms with Crippen LogP contribution < -0.4 is 21.2 Å². The van der Waals surface area contributed by atoms with Crippen LogP contribution in [0.5, 0.6) is 5.88 Å². The third kappa shape index (κ3) is 5.57. The standard InChI is InChI=1S/C24H25N9O8S3/c1-24(2,21(39)40)41-30-14(10-5-27-22(26)44-10)17(35)29-15-18(36)33-16(20(37)38)9(7-42-19(15)33)8-43-23-28-11(25)4-12-31(3)13(34)6-32(12)23/h4-6,15,19,25H,7-8H2,1-3H3,(H6,26,27,29,30,34,35,37,38,39,40)/p+1. The number of oxime groups is 1. The number of aromatic hydroxyl groups is 1. The van der Waals surface area contributed by atoms with E-state index in [4.69, 9.17) is 16.3 Å². The highest BCUT2D eigenvalue weighted by atomic mass is 32.2. The predicted octanol–water partition coefficient (Wildman–Crippen LogP) is -0.400. The first-order chi connectivity index (χ1) is 20.7. The minimum Gasteiger partial charge on any atom is -0.481 e. The molecule has 2 aliphatic heterocycles. The van der Waals surface area contributed by atoms with Gasteiger partial charge in [0.05, 0.1) is 18.0 Å². The molecule has 20 heteroatoms. The Bertz CT molecular complexity index is 1780. The van der Waals surface area contributed by atoms with Crippen LogP contribution in [0.25, 0.3) is 5.65 Å². The van der Waals surface area contributed by atoms with Gasteiger partial charge in [-0.3, -0.25) is 14.5 Å². The van der Waals surface area contributed by atoms with E-state index in [0.29, 0.717) is 16.4 Å². The summed E-state index contributed by atoms with van der Waals surface area (Å²) in [5.74, 6) is -3.60. The molecule has 0 aliphatic carbocycles. The summed E-state index contributed by atoms with van der Waals surface area (Å²) in [4.78, 5) is 64.9. The number of imidazole rings is 1. The highest BCUT2D eigenvalue weighted by Crippen LogP contribution is 2.41. The molecule has 2 atom stereocenters. The lowest BCUT2D eigenvalue weighted by atomic mass is 10.0. The molecule has 3 aromatic heterocycles. The van der Waals surface area contributed by atoms with Gasteiger partial charge >= 0.3 is 17.1 Å². The number of carboxylic acid groups (broad SMARTS) is 2. The number of nitrogens with two attached hydrogens (primary N) is 2. The van der Waals surface area contributed by atoms with Crippen molar-refractivity contribution in [3.63, 3.8) is 0 Å². The van der Waals surface area contributed by atoms with Crippen molar-refractivity contribution in [2.75, 3.05) is 23.0 Å². The largest absolute Gasteiger partial charge is 0.481 e. The summed E-state index contributed by atoms with van der Waals surface area (Å²) >= 11 is 3.35. The summed E-state index contributed by atoms with van der Waals surface area (Å²) in [6.07, 6.45) is 2.72. The van der Waals surface area contributed by atoms with Crippen molar-refractivity contribution in [2.24, 2.45) is 12.2 Å². The molecule has 44 heavy (non-hydrogen) atoms. The molecular formula is C24H26N9O8S3+. The highest BCUT2D eigenvalue weighted by molar-refractivity contribution is 8.01. The van der Waals surface area contributed by atoms with Crippen molar-refractivity contribution in [1.29, 1.82) is 0 Å². The number of nitrogens with one attached hydrogen (secondary N) is 1. The van der Waals surface area contributed by atoms with Gasteiger partial charge in [-0.1, -0.05) is 21.5 Å². The fraction of sp³-hybridized carbons (Fsp3) is 0.333. The van der Waals surface area contributed by atoms with Gasteiger partial charge in [-0.15, -0.1) is 11.8 Å². The van der Waals surface area contributed by atoms with E-state index >= 15 is 0 Å². The molecular weight excluding hydrogens is 639 g/mol. The van der Waals surface area contributed by atoms with Crippen LogP contribution in [0.2, 0.25) is 0 Å². The van der Waals surface area contributed by atoms with E-state index in [2.05, 4.69) is 20.4 Å². The topological polar surface area (TPSA) is 253 Å². The number of hydrogen-bond acceptors (Lipinski definition) is 14. The minimum atomic E-state index is -1.77. The van der Waals surface area contributed by atoms with E-state index in [-0.39, 0.29) is 44.6 Å². The molecule has 5 heterocycles. The third-order valence-electron chi connectivity index (χ3n) is 6.65. The highest BCUT2D eigenvalue weighted by Gasteiger charge is 2.54. The zero-order valence-corrected chi connectivity index (χ0v) is 25.7. The maximum atomic E-state index is 13.3. The molecule has 2 aliphatic rings. The number of nitrogen functional groups attached to an aromatic ring is 2. The molecule has 0 radical (unpaired) electrons. The van der Waals surface area contributed by atoms with Crippen LogP contribution >= 0.6 is 34.9 Å². The van der Waals surface area contributed by atoms with Crippen molar-refractivity contribution in [1.82, 2.24) is 24.8 Å². The Kier molecular flexibility index (Phi) is 8.07. The summed E-state index contributed by atoms with van der Waals surface area (Å²) in [5.41, 5.74) is 10.3. The summed E-state index contributed by atoms with van der Waals surface area (Å²) < 4.78 is 3.13. The average Bonchev–Trinajstić information content (AvgIpc) is 3.51. The van der Waals surface area contributed by atoms with E-state index in [0.717, 1.165) is 16.2 Å². The number of thioether (sulfide) groups is 2. The number of nitrogens with zero attached hydrogens (tertiary/aromatic N) is 6. The Balaban J connectivity index is 1.35. The molecule has 0 saturated carbocycles. The summed E-state index contributed by atoms with van der Waals surface area (Å²) in [7, 11) is 1.65. The molecule has 2 unspecified atom stereocenters. The first-order valence-corrected chi connectivity index (χ1v) is 15.5. The predicted molar refractivity (Wildman–Crippen MR) is 159 cm³/mol. The SMILES string of the molecule is Cn1c(O)c[n+]2c(SCC3=C(C(=O)O)N4C(=O)C(NC(=O)/C(=N\OC(C)(C)C(=O)O)c5cnc(N)s5)C4SC3)nc(N)cc12. The molecule has 17 nitrogen and oxygen atoms in total. The number of carboxylic acids is 2. The molecule has 5 rings (SSSR count). The molecule has 0 spiro atoms. The molecule has 3 aromatic rings. The van der Waals surface area contributed by atoms with Crippen molar-refractivity contribution in [3.05, 3.63) is 34.6 Å². The van der Waals surface area contributed by atoms with Gasteiger partial charge in [0.2, 0.25) is 17.1 Å². The van der Waals surface area contributed by atoms with Crippen LogP contribution in [-0.2, 0) is 31.1 Å². The van der Waals surface area contributed by atoms with Crippen LogP contribution in [0.15, 0.2) is 40.0 Å². The molecule has 1 saturated heterocycles. The van der Waals surface area contributed by atoms with Gasteiger partial charge < -0.3 is 36.9 Å². The van der Waals surface area contributed by atoms with Crippen LogP contribution in [0, 0.1) is 0 Å². The maximum Gasteiger partial charge on any atom is 0.352 e. The second kappa shape index (κ2) is 11.5. The van der Waals surface area contributed by atoms with E-state index in [1.54, 1.807) is 17.5 Å². The molecule has 2 amide bonds. The lowest BCUT2D eigenvalue weighted by Gasteiger charge is -2.49. The second-order valence-corrected chi connectivity index (χ2v) is 13.2. The van der Waals surface area contributed by atoms with Crippen molar-refractivity contribution in [2.45, 2.75) is 36.0 Å². The Morgan fingerprint density at radius 3 is 2.68 bits per heavy atom. The number of carbonyl (C=O) groups is 4. The second-order valence-electron chi connectivity index (χ2n) is 10.1. The number of hydrogen-bond donors (Lipinski definition) is 6. The lowest BCUT2D eigenvalue weighted by molar-refractivity contribution is -0.559. The normalized spacial score (nSPS) is 18.7. The molecule has 0 aromatic carbocycles. The molecule has 1 fully saturated rings. The monoisotopic (exact) mass is 664 g/mol. The quantitative estimate of drug-likeness (QED) is 0.0403. The summed E-state index contributed by atoms with van der Waals surface area (Å²) in [6, 6.07) is 0.483. The number of β-lactam (4-membered cyclic amide) rings is 1. The van der Waals surface area contributed by atoms with Gasteiger partial charge in [0, 0.05) is 17.7 Å². The lowest BCUT2D eigenvalue weighted by Crippen LogP contribution is -2.71. The van der Waals surface area contributed by atoms with Crippen molar-refractivity contribution >= 4 is 80.9 Å². The third-order valence-corrected chi connectivity index (χ3v) is 9.86. The number of aromatic nitrogens is 4. The number of fused-ring (bicyclic) bond motifs is 2. The first kappa shape index (κ1) is 30.9. The number of amides is 2. The Morgan fingerprint density at radius 1 is 1.32 bits per heavy atom. The van der Waals surface area contributed by atoms with E-state index in [1.807, 2.05) is 0 Å². The molecule has 0 bridgehead atoms. The van der Waals surface area contributed by atoms with Gasteiger partial charge in [0.15, 0.2) is 10.8 Å². The van der Waals surface area contributed by atoms with E-state index in [1.165, 1.54) is 54.3 Å². The fourth-order valence-corrected chi connectivity index (χ4v) is 7.38. The Morgan fingerprint density at radius 2 is 2.05 bits per heavy atom. The first-order valence-electron chi connectivity index (χ1n) is 12.6. The minimum absolute atomic E-state index is 0.0239. The van der Waals surface area contributed by atoms with Gasteiger partial charge in [0.25, 0.3) is 17.7 Å². The number of aliphatic carboxylic acids is 2. The number of aryl methyl sites for hydroxylation is 1.